The van der Waals surface area contributed by atoms with E-state index in [-0.39, 0.29) is 0 Å². The molecule has 0 aromatic carbocycles. The lowest BCUT2D eigenvalue weighted by atomic mass is 9.83. The summed E-state index contributed by atoms with van der Waals surface area (Å²) < 4.78 is 0. The van der Waals surface area contributed by atoms with Crippen LogP contribution in [0.5, 0.6) is 0 Å². The quantitative estimate of drug-likeness (QED) is 0.798. The van der Waals surface area contributed by atoms with Crippen LogP contribution in [0.1, 0.15) is 51.8 Å². The molecule has 0 fully saturated rings. The van der Waals surface area contributed by atoms with Crippen molar-refractivity contribution in [2.75, 3.05) is 6.54 Å². The minimum atomic E-state index is 0.350. The zero-order valence-corrected chi connectivity index (χ0v) is 12.4. The van der Waals surface area contributed by atoms with Crippen LogP contribution in [0, 0.1) is 5.41 Å². The van der Waals surface area contributed by atoms with Gasteiger partial charge in [0.05, 0.1) is 5.51 Å². The van der Waals surface area contributed by atoms with E-state index in [0.29, 0.717) is 11.5 Å². The Morgan fingerprint density at radius 1 is 1.41 bits per heavy atom. The zero-order chi connectivity index (χ0) is 12.7. The van der Waals surface area contributed by atoms with E-state index in [4.69, 9.17) is 0 Å². The number of nitrogens with zero attached hydrogens (tertiary/aromatic N) is 1. The Morgan fingerprint density at radius 2 is 2.18 bits per heavy atom. The van der Waals surface area contributed by atoms with E-state index in [2.05, 4.69) is 38.0 Å². The molecule has 0 aliphatic carbocycles. The molecule has 0 aliphatic heterocycles. The van der Waals surface area contributed by atoms with Gasteiger partial charge in [0.1, 0.15) is 0 Å². The Kier molecular flexibility index (Phi) is 6.14. The fraction of sp³-hybridized carbons (Fsp3) is 0.786. The minimum absolute atomic E-state index is 0.350. The van der Waals surface area contributed by atoms with Crippen molar-refractivity contribution in [3.05, 3.63) is 16.6 Å². The molecule has 0 saturated carbocycles. The van der Waals surface area contributed by atoms with Gasteiger partial charge in [0.25, 0.3) is 0 Å². The van der Waals surface area contributed by atoms with Gasteiger partial charge in [-0.2, -0.15) is 0 Å². The van der Waals surface area contributed by atoms with Crippen molar-refractivity contribution >= 4 is 11.3 Å². The van der Waals surface area contributed by atoms with Gasteiger partial charge in [-0.05, 0) is 37.6 Å². The van der Waals surface area contributed by atoms with Gasteiger partial charge in [-0.3, -0.25) is 4.98 Å². The summed E-state index contributed by atoms with van der Waals surface area (Å²) in [6, 6.07) is 0.621. The minimum Gasteiger partial charge on any atom is -0.313 e. The van der Waals surface area contributed by atoms with Gasteiger partial charge in [-0.15, -0.1) is 11.3 Å². The van der Waals surface area contributed by atoms with Crippen LogP contribution < -0.4 is 5.32 Å². The third-order valence-corrected chi connectivity index (χ3v) is 3.92. The van der Waals surface area contributed by atoms with Crippen molar-refractivity contribution in [2.24, 2.45) is 5.41 Å². The van der Waals surface area contributed by atoms with E-state index in [1.165, 1.54) is 30.6 Å². The van der Waals surface area contributed by atoms with Gasteiger partial charge in [0.15, 0.2) is 0 Å². The lowest BCUT2D eigenvalue weighted by Crippen LogP contribution is -2.40. The van der Waals surface area contributed by atoms with E-state index in [9.17, 15) is 0 Å². The smallest absolute Gasteiger partial charge is 0.0794 e. The highest BCUT2D eigenvalue weighted by molar-refractivity contribution is 7.09. The topological polar surface area (TPSA) is 24.9 Å². The number of hydrogen-bond acceptors (Lipinski definition) is 3. The van der Waals surface area contributed by atoms with Crippen molar-refractivity contribution in [3.8, 4) is 0 Å². The third kappa shape index (κ3) is 5.64. The predicted octanol–water partition coefficient (Wildman–Crippen LogP) is 3.88. The Labute approximate surface area is 110 Å². The highest BCUT2D eigenvalue weighted by atomic mass is 32.1. The maximum Gasteiger partial charge on any atom is 0.0794 e. The lowest BCUT2D eigenvalue weighted by Gasteiger charge is -2.31. The molecule has 0 spiro atoms. The number of aryl methyl sites for hydroxylation is 1. The average Bonchev–Trinajstić information content (AvgIpc) is 2.74. The Morgan fingerprint density at radius 3 is 2.71 bits per heavy atom. The van der Waals surface area contributed by atoms with E-state index >= 15 is 0 Å². The van der Waals surface area contributed by atoms with Crippen LogP contribution >= 0.6 is 11.3 Å². The number of aromatic nitrogens is 1. The van der Waals surface area contributed by atoms with Crippen LogP contribution in [0.2, 0.25) is 0 Å². The molecule has 3 heteroatoms. The summed E-state index contributed by atoms with van der Waals surface area (Å²) in [6.07, 6.45) is 6.88. The normalized spacial score (nSPS) is 13.9. The first-order valence-electron chi connectivity index (χ1n) is 6.64. The third-order valence-electron chi connectivity index (χ3n) is 3.09. The first-order valence-corrected chi connectivity index (χ1v) is 7.52. The van der Waals surface area contributed by atoms with Gasteiger partial charge in [-0.25, -0.2) is 0 Å². The highest BCUT2D eigenvalue weighted by Gasteiger charge is 2.23. The van der Waals surface area contributed by atoms with Crippen LogP contribution in [-0.4, -0.2) is 17.6 Å². The summed E-state index contributed by atoms with van der Waals surface area (Å²) in [4.78, 5) is 5.53. The number of hydrogen-bond donors (Lipinski definition) is 1. The van der Waals surface area contributed by atoms with E-state index < -0.39 is 0 Å². The maximum absolute atomic E-state index is 4.12. The zero-order valence-electron chi connectivity index (χ0n) is 11.6. The van der Waals surface area contributed by atoms with Crippen LogP contribution in [0.4, 0.5) is 0 Å². The summed E-state index contributed by atoms with van der Waals surface area (Å²) in [6.45, 7) is 10.3. The highest BCUT2D eigenvalue weighted by Crippen LogP contribution is 2.24. The molecule has 0 aliphatic rings. The second-order valence-corrected chi connectivity index (χ2v) is 6.70. The molecule has 1 heterocycles. The van der Waals surface area contributed by atoms with Crippen LogP contribution in [0.3, 0.4) is 0 Å². The Hall–Kier alpha value is -0.410. The maximum atomic E-state index is 4.12. The SMILES string of the molecule is CCCNC(CCCc1cncs1)C(C)(C)C. The fourth-order valence-corrected chi connectivity index (χ4v) is 2.65. The number of thiazole rings is 1. The fourth-order valence-electron chi connectivity index (χ4n) is 2.01. The van der Waals surface area contributed by atoms with Crippen LogP contribution in [-0.2, 0) is 6.42 Å². The van der Waals surface area contributed by atoms with Crippen molar-refractivity contribution in [3.63, 3.8) is 0 Å². The summed E-state index contributed by atoms with van der Waals surface area (Å²) in [7, 11) is 0. The van der Waals surface area contributed by atoms with Crippen molar-refractivity contribution in [2.45, 2.75) is 59.4 Å². The molecule has 1 unspecified atom stereocenters. The number of nitrogens with one attached hydrogen (secondary N) is 1. The van der Waals surface area contributed by atoms with Gasteiger partial charge in [0, 0.05) is 17.1 Å². The van der Waals surface area contributed by atoms with Crippen LogP contribution in [0.25, 0.3) is 0 Å². The molecule has 0 saturated heterocycles. The molecule has 0 radical (unpaired) electrons. The molecule has 1 aromatic rings. The van der Waals surface area contributed by atoms with Gasteiger partial charge >= 0.3 is 0 Å². The molecule has 98 valence electrons. The number of rotatable bonds is 7. The standard InChI is InChI=1S/C14H26N2S/c1-5-9-16-13(14(2,3)4)8-6-7-12-10-15-11-17-12/h10-11,13,16H,5-9H2,1-4H3. The summed E-state index contributed by atoms with van der Waals surface area (Å²) >= 11 is 1.77. The Balaban J connectivity index is 2.33. The molecule has 1 N–H and O–H groups in total. The second-order valence-electron chi connectivity index (χ2n) is 5.73. The summed E-state index contributed by atoms with van der Waals surface area (Å²) in [5.74, 6) is 0. The molecule has 1 rings (SSSR count). The lowest BCUT2D eigenvalue weighted by molar-refractivity contribution is 0.251. The first kappa shape index (κ1) is 14.7. The van der Waals surface area contributed by atoms with Crippen molar-refractivity contribution < 1.29 is 0 Å². The van der Waals surface area contributed by atoms with E-state index in [1.807, 2.05) is 11.7 Å². The molecule has 2 nitrogen and oxygen atoms in total. The summed E-state index contributed by atoms with van der Waals surface area (Å²) in [5.41, 5.74) is 2.27. The largest absolute Gasteiger partial charge is 0.313 e. The van der Waals surface area contributed by atoms with E-state index in [0.717, 1.165) is 6.54 Å². The average molecular weight is 254 g/mol. The first-order chi connectivity index (χ1) is 8.04. The van der Waals surface area contributed by atoms with Crippen molar-refractivity contribution in [1.82, 2.24) is 10.3 Å². The molecule has 1 aromatic heterocycles. The molecular weight excluding hydrogens is 228 g/mol. The molecule has 1 atom stereocenters. The monoisotopic (exact) mass is 254 g/mol. The van der Waals surface area contributed by atoms with Gasteiger partial charge in [0.2, 0.25) is 0 Å². The van der Waals surface area contributed by atoms with E-state index in [1.54, 1.807) is 11.3 Å². The molecule has 0 amide bonds. The van der Waals surface area contributed by atoms with Crippen LogP contribution in [0.15, 0.2) is 11.7 Å². The second kappa shape index (κ2) is 7.12. The Bertz CT molecular complexity index is 288. The molecular formula is C14H26N2S. The molecule has 0 bridgehead atoms. The van der Waals surface area contributed by atoms with Crippen molar-refractivity contribution in [1.29, 1.82) is 0 Å². The molecule has 17 heavy (non-hydrogen) atoms. The summed E-state index contributed by atoms with van der Waals surface area (Å²) in [5, 5.41) is 3.68. The predicted molar refractivity (Wildman–Crippen MR) is 76.6 cm³/mol. The van der Waals surface area contributed by atoms with Gasteiger partial charge in [-0.1, -0.05) is 27.7 Å². The van der Waals surface area contributed by atoms with Gasteiger partial charge < -0.3 is 5.32 Å².